The van der Waals surface area contributed by atoms with Crippen LogP contribution in [-0.2, 0) is 9.53 Å². The maximum Gasteiger partial charge on any atom is 0.320 e. The van der Waals surface area contributed by atoms with E-state index in [1.165, 1.54) is 0 Å². The summed E-state index contributed by atoms with van der Waals surface area (Å²) in [5, 5.41) is 0. The van der Waals surface area contributed by atoms with Crippen molar-refractivity contribution >= 4 is 5.97 Å². The minimum atomic E-state index is -0.132. The van der Waals surface area contributed by atoms with Gasteiger partial charge in [0, 0.05) is 0 Å². The number of hydrogen-bond donors (Lipinski definition) is 0. The average Bonchev–Trinajstić information content (AvgIpc) is 2.17. The van der Waals surface area contributed by atoms with Crippen molar-refractivity contribution in [1.82, 2.24) is 4.90 Å². The molecule has 0 saturated heterocycles. The Labute approximate surface area is 86.7 Å². The second-order valence-electron chi connectivity index (χ2n) is 3.10. The van der Waals surface area contributed by atoms with E-state index in [9.17, 15) is 4.79 Å². The molecule has 0 N–H and O–H groups in total. The number of unbranched alkanes of at least 4 members (excludes halogenated alkanes) is 1. The zero-order valence-corrected chi connectivity index (χ0v) is 9.29. The predicted molar refractivity (Wildman–Crippen MR) is 58.2 cm³/mol. The molecule has 0 aromatic heterocycles. The molecule has 3 heteroatoms. The molecule has 14 heavy (non-hydrogen) atoms. The van der Waals surface area contributed by atoms with Crippen molar-refractivity contribution < 1.29 is 9.53 Å². The van der Waals surface area contributed by atoms with Gasteiger partial charge in [0.1, 0.15) is 0 Å². The number of carbonyl (C=O) groups excluding carboxylic acids is 1. The smallest absolute Gasteiger partial charge is 0.320 e. The van der Waals surface area contributed by atoms with Crippen LogP contribution >= 0.6 is 0 Å². The Morgan fingerprint density at radius 2 is 2.21 bits per heavy atom. The van der Waals surface area contributed by atoms with Crippen LogP contribution < -0.4 is 0 Å². The summed E-state index contributed by atoms with van der Waals surface area (Å²) in [6.07, 6.45) is 3.95. The topological polar surface area (TPSA) is 29.5 Å². The first-order valence-corrected chi connectivity index (χ1v) is 5.23. The fraction of sp³-hybridized carbons (Fsp3) is 0.727. The van der Waals surface area contributed by atoms with Gasteiger partial charge in [0.25, 0.3) is 0 Å². The lowest BCUT2D eigenvalue weighted by atomic mass is 10.3. The van der Waals surface area contributed by atoms with E-state index < -0.39 is 0 Å². The molecule has 0 fully saturated rings. The number of ether oxygens (including phenoxy) is 1. The third-order valence-corrected chi connectivity index (χ3v) is 1.99. The molecule has 0 atom stereocenters. The molecule has 0 bridgehead atoms. The maximum absolute atomic E-state index is 11.2. The summed E-state index contributed by atoms with van der Waals surface area (Å²) >= 11 is 0. The molecular formula is C11H21NO2. The Hall–Kier alpha value is -0.830. The molecule has 82 valence electrons. The number of nitrogens with zero attached hydrogens (tertiary/aromatic N) is 1. The molecular weight excluding hydrogens is 178 g/mol. The molecule has 0 aromatic rings. The van der Waals surface area contributed by atoms with E-state index in [4.69, 9.17) is 4.74 Å². The number of hydrogen-bond acceptors (Lipinski definition) is 3. The van der Waals surface area contributed by atoms with Crippen molar-refractivity contribution in [2.24, 2.45) is 0 Å². The van der Waals surface area contributed by atoms with Crippen molar-refractivity contribution in [3.8, 4) is 0 Å². The summed E-state index contributed by atoms with van der Waals surface area (Å²) in [5.41, 5.74) is 0. The standard InChI is InChI=1S/C11H21NO2/c1-4-7-8-9-12(5-2)10-11(13)14-6-3/h4H,1,5-10H2,2-3H3. The SMILES string of the molecule is C=CCCCN(CC)CC(=O)OCC. The molecule has 0 saturated carbocycles. The van der Waals surface area contributed by atoms with Crippen LogP contribution in [-0.4, -0.2) is 37.1 Å². The van der Waals surface area contributed by atoms with E-state index in [1.54, 1.807) is 0 Å². The van der Waals surface area contributed by atoms with Gasteiger partial charge in [-0.15, -0.1) is 6.58 Å². The van der Waals surface area contributed by atoms with Crippen LogP contribution in [0.1, 0.15) is 26.7 Å². The third-order valence-electron chi connectivity index (χ3n) is 1.99. The number of esters is 1. The highest BCUT2D eigenvalue weighted by atomic mass is 16.5. The molecule has 0 heterocycles. The predicted octanol–water partition coefficient (Wildman–Crippen LogP) is 1.84. The first kappa shape index (κ1) is 13.2. The van der Waals surface area contributed by atoms with Crippen LogP contribution in [0.15, 0.2) is 12.7 Å². The zero-order valence-electron chi connectivity index (χ0n) is 9.29. The van der Waals surface area contributed by atoms with Gasteiger partial charge in [-0.1, -0.05) is 13.0 Å². The quantitative estimate of drug-likeness (QED) is 0.339. The molecule has 0 spiro atoms. The lowest BCUT2D eigenvalue weighted by molar-refractivity contribution is -0.144. The van der Waals surface area contributed by atoms with Gasteiger partial charge in [-0.2, -0.15) is 0 Å². The summed E-state index contributed by atoms with van der Waals surface area (Å²) in [5.74, 6) is -0.132. The highest BCUT2D eigenvalue weighted by Crippen LogP contribution is 1.96. The summed E-state index contributed by atoms with van der Waals surface area (Å²) in [6.45, 7) is 10.2. The van der Waals surface area contributed by atoms with Gasteiger partial charge >= 0.3 is 5.97 Å². The molecule has 3 nitrogen and oxygen atoms in total. The fourth-order valence-corrected chi connectivity index (χ4v) is 1.20. The van der Waals surface area contributed by atoms with Gasteiger partial charge in [-0.25, -0.2) is 0 Å². The van der Waals surface area contributed by atoms with Gasteiger partial charge in [0.05, 0.1) is 13.2 Å². The lowest BCUT2D eigenvalue weighted by Crippen LogP contribution is -2.31. The Balaban J connectivity index is 3.66. The van der Waals surface area contributed by atoms with Gasteiger partial charge < -0.3 is 4.74 Å². The first-order chi connectivity index (χ1) is 6.74. The van der Waals surface area contributed by atoms with Crippen LogP contribution in [0, 0.1) is 0 Å². The van der Waals surface area contributed by atoms with Crippen molar-refractivity contribution in [3.63, 3.8) is 0 Å². The van der Waals surface area contributed by atoms with Gasteiger partial charge in [-0.05, 0) is 32.9 Å². The Bertz CT molecular complexity index is 169. The van der Waals surface area contributed by atoms with E-state index in [0.717, 1.165) is 25.9 Å². The highest BCUT2D eigenvalue weighted by molar-refractivity contribution is 5.71. The molecule has 0 aliphatic carbocycles. The Kier molecular flexibility index (Phi) is 8.24. The molecule has 0 rings (SSSR count). The van der Waals surface area contributed by atoms with Crippen molar-refractivity contribution in [3.05, 3.63) is 12.7 Å². The van der Waals surface area contributed by atoms with Gasteiger partial charge in [0.2, 0.25) is 0 Å². The van der Waals surface area contributed by atoms with E-state index in [0.29, 0.717) is 13.2 Å². The van der Waals surface area contributed by atoms with E-state index in [1.807, 2.05) is 19.9 Å². The minimum Gasteiger partial charge on any atom is -0.465 e. The van der Waals surface area contributed by atoms with Crippen LogP contribution in [0.25, 0.3) is 0 Å². The summed E-state index contributed by atoms with van der Waals surface area (Å²) in [6, 6.07) is 0. The second-order valence-corrected chi connectivity index (χ2v) is 3.10. The van der Waals surface area contributed by atoms with Crippen molar-refractivity contribution in [2.45, 2.75) is 26.7 Å². The van der Waals surface area contributed by atoms with E-state index in [-0.39, 0.29) is 5.97 Å². The summed E-state index contributed by atoms with van der Waals surface area (Å²) in [4.78, 5) is 13.2. The Morgan fingerprint density at radius 3 is 2.71 bits per heavy atom. The molecule has 0 aliphatic heterocycles. The molecule has 0 unspecified atom stereocenters. The minimum absolute atomic E-state index is 0.132. The number of rotatable bonds is 8. The third kappa shape index (κ3) is 6.66. The maximum atomic E-state index is 11.2. The largest absolute Gasteiger partial charge is 0.465 e. The van der Waals surface area contributed by atoms with Gasteiger partial charge in [0.15, 0.2) is 0 Å². The molecule has 0 amide bonds. The van der Waals surface area contributed by atoms with Crippen molar-refractivity contribution in [1.29, 1.82) is 0 Å². The van der Waals surface area contributed by atoms with E-state index in [2.05, 4.69) is 11.5 Å². The lowest BCUT2D eigenvalue weighted by Gasteiger charge is -2.18. The molecule has 0 aliphatic rings. The first-order valence-electron chi connectivity index (χ1n) is 5.23. The van der Waals surface area contributed by atoms with Crippen molar-refractivity contribution in [2.75, 3.05) is 26.2 Å². The molecule has 0 radical (unpaired) electrons. The van der Waals surface area contributed by atoms with E-state index >= 15 is 0 Å². The fourth-order valence-electron chi connectivity index (χ4n) is 1.20. The number of carbonyl (C=O) groups is 1. The van der Waals surface area contributed by atoms with Crippen LogP contribution in [0.5, 0.6) is 0 Å². The Morgan fingerprint density at radius 1 is 1.50 bits per heavy atom. The monoisotopic (exact) mass is 199 g/mol. The molecule has 0 aromatic carbocycles. The normalized spacial score (nSPS) is 10.2. The van der Waals surface area contributed by atoms with Gasteiger partial charge in [-0.3, -0.25) is 9.69 Å². The number of allylic oxidation sites excluding steroid dienone is 1. The van der Waals surface area contributed by atoms with Crippen LogP contribution in [0.2, 0.25) is 0 Å². The number of likely N-dealkylation sites (N-methyl/N-ethyl adjacent to an activating group) is 1. The zero-order chi connectivity index (χ0) is 10.8. The highest BCUT2D eigenvalue weighted by Gasteiger charge is 2.08. The van der Waals surface area contributed by atoms with Crippen LogP contribution in [0.3, 0.4) is 0 Å². The second kappa shape index (κ2) is 8.75. The van der Waals surface area contributed by atoms with Crippen LogP contribution in [0.4, 0.5) is 0 Å². The average molecular weight is 199 g/mol. The summed E-state index contributed by atoms with van der Waals surface area (Å²) < 4.78 is 4.88. The summed E-state index contributed by atoms with van der Waals surface area (Å²) in [7, 11) is 0.